The van der Waals surface area contributed by atoms with E-state index >= 15 is 0 Å². The number of alkyl halides is 1. The Hall–Kier alpha value is -1.17. The molecule has 1 aromatic rings. The molecule has 1 rings (SSSR count). The van der Waals surface area contributed by atoms with Gasteiger partial charge in [0.2, 0.25) is 0 Å². The maximum atomic E-state index is 13.7. The summed E-state index contributed by atoms with van der Waals surface area (Å²) in [4.78, 5) is 10.9. The topological polar surface area (TPSA) is 52.3 Å². The van der Waals surface area contributed by atoms with Crippen LogP contribution in [0.3, 0.4) is 0 Å². The van der Waals surface area contributed by atoms with Crippen LogP contribution >= 0.6 is 15.9 Å². The van der Waals surface area contributed by atoms with Gasteiger partial charge >= 0.3 is 0 Å². The standard InChI is InChI=1S/C13H16BrF2NO2/c14-7-3-1-2-4-8-19-10-6-5-9(15)11(12(10)16)13(17)18/h5-6H,1-4,7-8H2,(H2,17,18). The van der Waals surface area contributed by atoms with E-state index in [-0.39, 0.29) is 5.75 Å². The van der Waals surface area contributed by atoms with Crippen LogP contribution in [0, 0.1) is 11.6 Å². The van der Waals surface area contributed by atoms with Gasteiger partial charge in [0.1, 0.15) is 11.4 Å². The minimum Gasteiger partial charge on any atom is -0.490 e. The zero-order chi connectivity index (χ0) is 14.3. The van der Waals surface area contributed by atoms with Gasteiger partial charge in [0.05, 0.1) is 6.61 Å². The molecule has 0 spiro atoms. The fourth-order valence-electron chi connectivity index (χ4n) is 1.60. The molecule has 0 bridgehead atoms. The number of carbonyl (C=O) groups excluding carboxylic acids is 1. The zero-order valence-corrected chi connectivity index (χ0v) is 12.0. The number of halogens is 3. The SMILES string of the molecule is NC(=O)c1c(F)ccc(OCCCCCCBr)c1F. The van der Waals surface area contributed by atoms with Crippen LogP contribution in [0.25, 0.3) is 0 Å². The molecule has 0 aliphatic heterocycles. The molecule has 0 fully saturated rings. The molecular formula is C13H16BrF2NO2. The summed E-state index contributed by atoms with van der Waals surface area (Å²) >= 11 is 3.33. The first-order valence-corrected chi connectivity index (χ1v) is 7.16. The summed E-state index contributed by atoms with van der Waals surface area (Å²) in [5, 5.41) is 0.961. The second-order valence-corrected chi connectivity index (χ2v) is 4.84. The molecule has 3 nitrogen and oxygen atoms in total. The lowest BCUT2D eigenvalue weighted by Crippen LogP contribution is -2.16. The third-order valence-corrected chi connectivity index (χ3v) is 3.15. The van der Waals surface area contributed by atoms with Crippen molar-refractivity contribution < 1.29 is 18.3 Å². The molecule has 0 saturated heterocycles. The van der Waals surface area contributed by atoms with E-state index in [1.165, 1.54) is 0 Å². The van der Waals surface area contributed by atoms with Crippen LogP contribution in [-0.2, 0) is 0 Å². The van der Waals surface area contributed by atoms with Gasteiger partial charge < -0.3 is 10.5 Å². The molecule has 0 aliphatic carbocycles. The Morgan fingerprint density at radius 3 is 2.53 bits per heavy atom. The summed E-state index contributed by atoms with van der Waals surface area (Å²) in [5.74, 6) is -3.30. The zero-order valence-electron chi connectivity index (χ0n) is 10.4. The van der Waals surface area contributed by atoms with Crippen molar-refractivity contribution in [3.8, 4) is 5.75 Å². The van der Waals surface area contributed by atoms with E-state index in [4.69, 9.17) is 10.5 Å². The molecule has 1 aromatic carbocycles. The fourth-order valence-corrected chi connectivity index (χ4v) is 2.00. The van der Waals surface area contributed by atoms with Gasteiger partial charge in [-0.05, 0) is 25.0 Å². The van der Waals surface area contributed by atoms with Gasteiger partial charge in [0.25, 0.3) is 5.91 Å². The largest absolute Gasteiger partial charge is 0.490 e. The van der Waals surface area contributed by atoms with E-state index in [0.29, 0.717) is 6.61 Å². The van der Waals surface area contributed by atoms with Crippen LogP contribution in [0.1, 0.15) is 36.0 Å². The normalized spacial score (nSPS) is 10.5. The van der Waals surface area contributed by atoms with Crippen LogP contribution in [0.4, 0.5) is 8.78 Å². The van der Waals surface area contributed by atoms with Gasteiger partial charge in [-0.1, -0.05) is 28.8 Å². The lowest BCUT2D eigenvalue weighted by molar-refractivity contribution is 0.0991. The Balaban J connectivity index is 2.55. The minimum atomic E-state index is -1.14. The van der Waals surface area contributed by atoms with Crippen molar-refractivity contribution in [2.45, 2.75) is 25.7 Å². The Morgan fingerprint density at radius 1 is 1.21 bits per heavy atom. The van der Waals surface area contributed by atoms with Gasteiger partial charge in [-0.15, -0.1) is 0 Å². The van der Waals surface area contributed by atoms with Crippen LogP contribution in [0.15, 0.2) is 12.1 Å². The van der Waals surface area contributed by atoms with Crippen molar-refractivity contribution >= 4 is 21.8 Å². The van der Waals surface area contributed by atoms with Crippen molar-refractivity contribution in [2.24, 2.45) is 5.73 Å². The number of benzene rings is 1. The quantitative estimate of drug-likeness (QED) is 0.584. The number of primary amides is 1. The summed E-state index contributed by atoms with van der Waals surface area (Å²) < 4.78 is 32.2. The van der Waals surface area contributed by atoms with E-state index in [2.05, 4.69) is 15.9 Å². The van der Waals surface area contributed by atoms with Crippen LogP contribution < -0.4 is 10.5 Å². The van der Waals surface area contributed by atoms with Gasteiger partial charge in [-0.2, -0.15) is 0 Å². The van der Waals surface area contributed by atoms with E-state index in [0.717, 1.165) is 43.1 Å². The molecule has 19 heavy (non-hydrogen) atoms. The van der Waals surface area contributed by atoms with Crippen LogP contribution in [0.2, 0.25) is 0 Å². The van der Waals surface area contributed by atoms with Crippen molar-refractivity contribution in [1.29, 1.82) is 0 Å². The highest BCUT2D eigenvalue weighted by Gasteiger charge is 2.18. The van der Waals surface area contributed by atoms with Crippen molar-refractivity contribution in [3.63, 3.8) is 0 Å². The number of nitrogens with two attached hydrogens (primary N) is 1. The first-order valence-electron chi connectivity index (χ1n) is 6.04. The fraction of sp³-hybridized carbons (Fsp3) is 0.462. The molecule has 0 aromatic heterocycles. The first-order chi connectivity index (χ1) is 9.07. The average molecular weight is 336 g/mol. The Morgan fingerprint density at radius 2 is 1.89 bits per heavy atom. The highest BCUT2D eigenvalue weighted by Crippen LogP contribution is 2.23. The van der Waals surface area contributed by atoms with Gasteiger partial charge in [-0.3, -0.25) is 4.79 Å². The monoisotopic (exact) mass is 335 g/mol. The molecule has 0 aliphatic rings. The summed E-state index contributed by atoms with van der Waals surface area (Å²) in [6, 6.07) is 2.14. The molecule has 6 heteroatoms. The molecular weight excluding hydrogens is 320 g/mol. The van der Waals surface area contributed by atoms with Gasteiger partial charge in [0, 0.05) is 5.33 Å². The molecule has 0 unspecified atom stereocenters. The second-order valence-electron chi connectivity index (χ2n) is 4.05. The van der Waals surface area contributed by atoms with Gasteiger partial charge in [-0.25, -0.2) is 8.78 Å². The molecule has 0 saturated carbocycles. The summed E-state index contributed by atoms with van der Waals surface area (Å²) in [6.45, 7) is 0.322. The van der Waals surface area contributed by atoms with Gasteiger partial charge in [0.15, 0.2) is 11.6 Å². The number of amides is 1. The number of ether oxygens (including phenoxy) is 1. The summed E-state index contributed by atoms with van der Waals surface area (Å²) in [5.41, 5.74) is 4.16. The minimum absolute atomic E-state index is 0.143. The number of rotatable bonds is 8. The van der Waals surface area contributed by atoms with Crippen molar-refractivity contribution in [2.75, 3.05) is 11.9 Å². The van der Waals surface area contributed by atoms with Crippen LogP contribution in [0.5, 0.6) is 5.75 Å². The Bertz CT molecular complexity index is 441. The molecule has 0 heterocycles. The Kier molecular flexibility index (Phi) is 6.77. The summed E-state index contributed by atoms with van der Waals surface area (Å²) in [7, 11) is 0. The number of carbonyl (C=O) groups is 1. The number of hydrogen-bond acceptors (Lipinski definition) is 2. The average Bonchev–Trinajstić information content (AvgIpc) is 2.35. The van der Waals surface area contributed by atoms with Crippen molar-refractivity contribution in [1.82, 2.24) is 0 Å². The summed E-state index contributed by atoms with van der Waals surface area (Å²) in [6.07, 6.45) is 3.89. The molecule has 0 radical (unpaired) electrons. The third-order valence-electron chi connectivity index (χ3n) is 2.59. The number of hydrogen-bond donors (Lipinski definition) is 1. The predicted molar refractivity (Wildman–Crippen MR) is 72.6 cm³/mol. The number of unbranched alkanes of at least 4 members (excludes halogenated alkanes) is 3. The maximum absolute atomic E-state index is 13.7. The Labute approximate surface area is 119 Å². The van der Waals surface area contributed by atoms with E-state index < -0.39 is 23.1 Å². The molecule has 0 atom stereocenters. The lowest BCUT2D eigenvalue weighted by atomic mass is 10.1. The molecule has 2 N–H and O–H groups in total. The predicted octanol–water partition coefficient (Wildman–Crippen LogP) is 3.40. The highest BCUT2D eigenvalue weighted by atomic mass is 79.9. The molecule has 106 valence electrons. The van der Waals surface area contributed by atoms with Crippen LogP contribution in [-0.4, -0.2) is 17.8 Å². The van der Waals surface area contributed by atoms with Crippen molar-refractivity contribution in [3.05, 3.63) is 29.3 Å². The molecule has 1 amide bonds. The maximum Gasteiger partial charge on any atom is 0.254 e. The highest BCUT2D eigenvalue weighted by molar-refractivity contribution is 9.09. The first kappa shape index (κ1) is 15.9. The smallest absolute Gasteiger partial charge is 0.254 e. The third kappa shape index (κ3) is 4.78. The second kappa shape index (κ2) is 8.09. The van der Waals surface area contributed by atoms with E-state index in [9.17, 15) is 13.6 Å². The lowest BCUT2D eigenvalue weighted by Gasteiger charge is -2.09. The van der Waals surface area contributed by atoms with E-state index in [1.807, 2.05) is 0 Å². The van der Waals surface area contributed by atoms with E-state index in [1.54, 1.807) is 0 Å².